The summed E-state index contributed by atoms with van der Waals surface area (Å²) in [6, 6.07) is 0. The molecule has 0 aromatic rings. The standard InChI is InChI=1S/C28H58S2/c1-4-7-9-11-13-15-17-19-21-23-26-29-28(25-6-3)30-27-24-22-20-18-16-14-12-10-8-5-2/h28H,4-27H2,1-3H3. The van der Waals surface area contributed by atoms with Gasteiger partial charge in [0.15, 0.2) is 0 Å². The highest BCUT2D eigenvalue weighted by atomic mass is 32.2. The number of thioether (sulfide) groups is 2. The van der Waals surface area contributed by atoms with Gasteiger partial charge in [0.05, 0.1) is 4.58 Å². The average Bonchev–Trinajstić information content (AvgIpc) is 2.75. The summed E-state index contributed by atoms with van der Waals surface area (Å²) in [6.07, 6.45) is 31.8. The molecule has 0 spiro atoms. The van der Waals surface area contributed by atoms with E-state index in [1.165, 1.54) is 153 Å². The lowest BCUT2D eigenvalue weighted by Crippen LogP contribution is -2.00. The van der Waals surface area contributed by atoms with Crippen LogP contribution in [0.3, 0.4) is 0 Å². The summed E-state index contributed by atoms with van der Waals surface area (Å²) in [5, 5.41) is 0. The van der Waals surface area contributed by atoms with E-state index in [0.717, 1.165) is 4.58 Å². The monoisotopic (exact) mass is 458 g/mol. The molecule has 182 valence electrons. The molecule has 0 aromatic carbocycles. The van der Waals surface area contributed by atoms with Crippen molar-refractivity contribution in [2.75, 3.05) is 11.5 Å². The second-order valence-corrected chi connectivity index (χ2v) is 12.2. The zero-order chi connectivity index (χ0) is 22.0. The van der Waals surface area contributed by atoms with Crippen molar-refractivity contribution in [1.82, 2.24) is 0 Å². The zero-order valence-corrected chi connectivity index (χ0v) is 23.0. The van der Waals surface area contributed by atoms with Gasteiger partial charge in [0.2, 0.25) is 0 Å². The Morgan fingerprint density at radius 1 is 0.367 bits per heavy atom. The Labute approximate surface area is 201 Å². The molecule has 0 heterocycles. The second-order valence-electron chi connectivity index (χ2n) is 9.32. The van der Waals surface area contributed by atoms with Crippen LogP contribution in [0.25, 0.3) is 0 Å². The highest BCUT2D eigenvalue weighted by Gasteiger charge is 2.08. The van der Waals surface area contributed by atoms with Crippen LogP contribution < -0.4 is 0 Å². The minimum absolute atomic E-state index is 0.868. The lowest BCUT2D eigenvalue weighted by atomic mass is 10.1. The number of hydrogen-bond donors (Lipinski definition) is 0. The third-order valence-corrected chi connectivity index (χ3v) is 9.21. The summed E-state index contributed by atoms with van der Waals surface area (Å²) >= 11 is 4.54. The first kappa shape index (κ1) is 30.7. The average molecular weight is 459 g/mol. The molecule has 0 atom stereocenters. The molecular weight excluding hydrogens is 400 g/mol. The van der Waals surface area contributed by atoms with Crippen molar-refractivity contribution in [3.63, 3.8) is 0 Å². The van der Waals surface area contributed by atoms with E-state index in [0.29, 0.717) is 0 Å². The van der Waals surface area contributed by atoms with Crippen molar-refractivity contribution in [1.29, 1.82) is 0 Å². The van der Waals surface area contributed by atoms with Gasteiger partial charge >= 0.3 is 0 Å². The van der Waals surface area contributed by atoms with Crippen molar-refractivity contribution in [2.45, 2.75) is 167 Å². The van der Waals surface area contributed by atoms with E-state index in [1.54, 1.807) is 0 Å². The van der Waals surface area contributed by atoms with E-state index < -0.39 is 0 Å². The van der Waals surface area contributed by atoms with Crippen LogP contribution >= 0.6 is 23.5 Å². The van der Waals surface area contributed by atoms with Gasteiger partial charge in [0.25, 0.3) is 0 Å². The summed E-state index contributed by atoms with van der Waals surface area (Å²) in [5.74, 6) is 2.79. The maximum absolute atomic E-state index is 2.36. The highest BCUT2D eigenvalue weighted by molar-refractivity contribution is 8.17. The molecule has 0 aliphatic rings. The van der Waals surface area contributed by atoms with Gasteiger partial charge < -0.3 is 0 Å². The Bertz CT molecular complexity index is 266. The summed E-state index contributed by atoms with van der Waals surface area (Å²) in [4.78, 5) is 0. The van der Waals surface area contributed by atoms with E-state index >= 15 is 0 Å². The predicted octanol–water partition coefficient (Wildman–Crippen LogP) is 11.4. The Hall–Kier alpha value is 0.700. The van der Waals surface area contributed by atoms with Crippen LogP contribution in [0.15, 0.2) is 0 Å². The van der Waals surface area contributed by atoms with Crippen LogP contribution in [0.1, 0.15) is 162 Å². The molecule has 0 nitrogen and oxygen atoms in total. The van der Waals surface area contributed by atoms with Crippen LogP contribution in [-0.4, -0.2) is 16.1 Å². The molecule has 2 heteroatoms. The molecule has 0 aliphatic carbocycles. The molecule has 0 fully saturated rings. The van der Waals surface area contributed by atoms with Gasteiger partial charge in [-0.05, 0) is 30.8 Å². The van der Waals surface area contributed by atoms with Crippen LogP contribution in [0.4, 0.5) is 0 Å². The Morgan fingerprint density at radius 2 is 0.667 bits per heavy atom. The summed E-state index contributed by atoms with van der Waals surface area (Å²) in [6.45, 7) is 6.97. The van der Waals surface area contributed by atoms with Crippen LogP contribution in [0, 0.1) is 0 Å². The lowest BCUT2D eigenvalue weighted by molar-refractivity contribution is 0.563. The van der Waals surface area contributed by atoms with Gasteiger partial charge in [0.1, 0.15) is 0 Å². The molecule has 0 radical (unpaired) electrons. The van der Waals surface area contributed by atoms with Gasteiger partial charge in [-0.3, -0.25) is 0 Å². The van der Waals surface area contributed by atoms with Gasteiger partial charge in [-0.25, -0.2) is 0 Å². The molecule has 0 unspecified atom stereocenters. The van der Waals surface area contributed by atoms with E-state index in [2.05, 4.69) is 44.3 Å². The van der Waals surface area contributed by atoms with Gasteiger partial charge in [0, 0.05) is 0 Å². The second kappa shape index (κ2) is 27.7. The fraction of sp³-hybridized carbons (Fsp3) is 1.00. The largest absolute Gasteiger partial charge is 0.148 e. The van der Waals surface area contributed by atoms with E-state index in [-0.39, 0.29) is 0 Å². The maximum atomic E-state index is 2.36. The molecule has 0 N–H and O–H groups in total. The topological polar surface area (TPSA) is 0 Å². The first-order chi connectivity index (χ1) is 14.8. The third-order valence-electron chi connectivity index (χ3n) is 6.13. The Balaban J connectivity index is 3.40. The van der Waals surface area contributed by atoms with Crippen LogP contribution in [-0.2, 0) is 0 Å². The smallest absolute Gasteiger partial charge is 0.0502 e. The predicted molar refractivity (Wildman–Crippen MR) is 147 cm³/mol. The molecule has 0 aromatic heterocycles. The van der Waals surface area contributed by atoms with E-state index in [1.807, 2.05) is 0 Å². The SMILES string of the molecule is CCCCCCCCCCCCSC(CCC)SCCCCCCCCCCCC. The third kappa shape index (κ3) is 25.0. The zero-order valence-electron chi connectivity index (χ0n) is 21.4. The maximum Gasteiger partial charge on any atom is 0.0502 e. The van der Waals surface area contributed by atoms with E-state index in [4.69, 9.17) is 0 Å². The summed E-state index contributed by atoms with van der Waals surface area (Å²) in [7, 11) is 0. The molecule has 0 rings (SSSR count). The summed E-state index contributed by atoms with van der Waals surface area (Å²) < 4.78 is 0.868. The first-order valence-corrected chi connectivity index (χ1v) is 16.2. The number of rotatable bonds is 26. The fourth-order valence-corrected chi connectivity index (χ4v) is 7.09. The Kier molecular flexibility index (Phi) is 28.4. The molecule has 0 bridgehead atoms. The lowest BCUT2D eigenvalue weighted by Gasteiger charge is -2.15. The first-order valence-electron chi connectivity index (χ1n) is 14.1. The highest BCUT2D eigenvalue weighted by Crippen LogP contribution is 2.30. The van der Waals surface area contributed by atoms with Crippen molar-refractivity contribution < 1.29 is 0 Å². The van der Waals surface area contributed by atoms with Crippen LogP contribution in [0.5, 0.6) is 0 Å². The molecule has 0 saturated heterocycles. The minimum atomic E-state index is 0.868. The fourth-order valence-electron chi connectivity index (χ4n) is 4.06. The quantitative estimate of drug-likeness (QED) is 0.0933. The van der Waals surface area contributed by atoms with Crippen LogP contribution in [0.2, 0.25) is 0 Å². The van der Waals surface area contributed by atoms with Crippen molar-refractivity contribution >= 4 is 23.5 Å². The molecule has 30 heavy (non-hydrogen) atoms. The number of unbranched alkanes of at least 4 members (excludes halogenated alkanes) is 18. The molecular formula is C28H58S2. The Morgan fingerprint density at radius 3 is 0.967 bits per heavy atom. The van der Waals surface area contributed by atoms with Crippen molar-refractivity contribution in [3.8, 4) is 0 Å². The van der Waals surface area contributed by atoms with Crippen molar-refractivity contribution in [2.24, 2.45) is 0 Å². The van der Waals surface area contributed by atoms with Crippen molar-refractivity contribution in [3.05, 3.63) is 0 Å². The molecule has 0 saturated carbocycles. The molecule has 0 amide bonds. The van der Waals surface area contributed by atoms with E-state index in [9.17, 15) is 0 Å². The minimum Gasteiger partial charge on any atom is -0.148 e. The number of hydrogen-bond acceptors (Lipinski definition) is 2. The van der Waals surface area contributed by atoms with Gasteiger partial charge in [-0.1, -0.05) is 143 Å². The normalized spacial score (nSPS) is 11.6. The summed E-state index contributed by atoms with van der Waals surface area (Å²) in [5.41, 5.74) is 0. The molecule has 0 aliphatic heterocycles. The van der Waals surface area contributed by atoms with Gasteiger partial charge in [-0.2, -0.15) is 0 Å². The van der Waals surface area contributed by atoms with Gasteiger partial charge in [-0.15, -0.1) is 23.5 Å².